The molecule has 3 N–H and O–H groups in total. The Bertz CT molecular complexity index is 1050. The molecule has 0 heterocycles. The van der Waals surface area contributed by atoms with Crippen LogP contribution in [0.25, 0.3) is 11.1 Å². The second-order valence-corrected chi connectivity index (χ2v) is 9.84. The van der Waals surface area contributed by atoms with Gasteiger partial charge < -0.3 is 25.4 Å². The van der Waals surface area contributed by atoms with Crippen molar-refractivity contribution in [3.63, 3.8) is 0 Å². The lowest BCUT2D eigenvalue weighted by Crippen LogP contribution is -2.53. The van der Waals surface area contributed by atoms with Crippen molar-refractivity contribution in [2.75, 3.05) is 27.2 Å². The minimum atomic E-state index is -1.09. The number of nitrogens with one attached hydrogen (secondary N) is 2. The van der Waals surface area contributed by atoms with Gasteiger partial charge in [0.15, 0.2) is 0 Å². The van der Waals surface area contributed by atoms with Gasteiger partial charge in [0.25, 0.3) is 0 Å². The van der Waals surface area contributed by atoms with Crippen LogP contribution < -0.4 is 10.6 Å². The van der Waals surface area contributed by atoms with E-state index in [1.807, 2.05) is 24.3 Å². The molecule has 0 spiro atoms. The van der Waals surface area contributed by atoms with E-state index in [0.717, 1.165) is 35.1 Å². The zero-order valence-corrected chi connectivity index (χ0v) is 20.3. The lowest BCUT2D eigenvalue weighted by atomic mass is 9.92. The van der Waals surface area contributed by atoms with Crippen LogP contribution in [0.4, 0.5) is 4.79 Å². The third-order valence-electron chi connectivity index (χ3n) is 6.95. The van der Waals surface area contributed by atoms with Crippen molar-refractivity contribution < 1.29 is 24.2 Å². The van der Waals surface area contributed by atoms with Gasteiger partial charge in [0.05, 0.1) is 5.54 Å². The number of carboxylic acids is 1. The molecule has 186 valence electrons. The van der Waals surface area contributed by atoms with E-state index in [0.29, 0.717) is 12.8 Å². The Morgan fingerprint density at radius 1 is 1.03 bits per heavy atom. The minimum absolute atomic E-state index is 0.0222. The fourth-order valence-electron chi connectivity index (χ4n) is 5.35. The van der Waals surface area contributed by atoms with Crippen LogP contribution in [-0.2, 0) is 14.3 Å². The second kappa shape index (κ2) is 10.5. The van der Waals surface area contributed by atoms with Crippen LogP contribution in [0.3, 0.4) is 0 Å². The lowest BCUT2D eigenvalue weighted by molar-refractivity contribution is -0.142. The quantitative estimate of drug-likeness (QED) is 0.509. The van der Waals surface area contributed by atoms with E-state index in [9.17, 15) is 19.5 Å². The van der Waals surface area contributed by atoms with E-state index in [1.165, 1.54) is 0 Å². The molecule has 0 saturated heterocycles. The summed E-state index contributed by atoms with van der Waals surface area (Å²) in [5.74, 6) is -1.52. The first kappa shape index (κ1) is 24.7. The molecule has 1 saturated carbocycles. The molecule has 2 aromatic rings. The van der Waals surface area contributed by atoms with Gasteiger partial charge in [0.2, 0.25) is 5.91 Å². The van der Waals surface area contributed by atoms with E-state index in [1.54, 1.807) is 19.0 Å². The average molecular weight is 480 g/mol. The number of carbonyl (C=O) groups is 3. The van der Waals surface area contributed by atoms with E-state index in [-0.39, 0.29) is 31.4 Å². The number of alkyl carbamates (subject to hydrolysis) is 1. The maximum Gasteiger partial charge on any atom is 0.407 e. The van der Waals surface area contributed by atoms with Gasteiger partial charge >= 0.3 is 12.1 Å². The number of carboxylic acid groups (broad SMARTS) is 1. The molecule has 0 aliphatic heterocycles. The molecule has 1 atom stereocenters. The first-order valence-corrected chi connectivity index (χ1v) is 12.1. The van der Waals surface area contributed by atoms with Crippen LogP contribution in [0.15, 0.2) is 48.5 Å². The minimum Gasteiger partial charge on any atom is -0.480 e. The highest BCUT2D eigenvalue weighted by Gasteiger charge is 2.39. The highest BCUT2D eigenvalue weighted by Crippen LogP contribution is 2.44. The predicted octanol–water partition coefficient (Wildman–Crippen LogP) is 3.36. The average Bonchev–Trinajstić information content (AvgIpc) is 3.39. The van der Waals surface area contributed by atoms with Crippen molar-refractivity contribution in [3.8, 4) is 11.1 Å². The maximum atomic E-state index is 12.9. The summed E-state index contributed by atoms with van der Waals surface area (Å²) in [5, 5.41) is 15.0. The van der Waals surface area contributed by atoms with Crippen molar-refractivity contribution in [2.24, 2.45) is 0 Å². The van der Waals surface area contributed by atoms with Gasteiger partial charge in [0.1, 0.15) is 12.6 Å². The number of carbonyl (C=O) groups excluding carboxylic acids is 2. The van der Waals surface area contributed by atoms with Crippen LogP contribution in [0.1, 0.15) is 49.1 Å². The van der Waals surface area contributed by atoms with Crippen LogP contribution in [-0.4, -0.2) is 66.8 Å². The number of ether oxygens (including phenoxy) is 1. The number of likely N-dealkylation sites (N-methyl/N-ethyl adjacent to an activating group) is 1. The largest absolute Gasteiger partial charge is 0.480 e. The molecule has 4 rings (SSSR count). The van der Waals surface area contributed by atoms with Gasteiger partial charge in [0, 0.05) is 18.9 Å². The number of hydrogen-bond acceptors (Lipinski definition) is 5. The Hall–Kier alpha value is -3.39. The number of benzene rings is 2. The van der Waals surface area contributed by atoms with Crippen molar-refractivity contribution in [2.45, 2.75) is 49.6 Å². The summed E-state index contributed by atoms with van der Waals surface area (Å²) in [4.78, 5) is 38.8. The van der Waals surface area contributed by atoms with Crippen molar-refractivity contribution in [1.82, 2.24) is 15.5 Å². The van der Waals surface area contributed by atoms with Crippen LogP contribution in [0, 0.1) is 0 Å². The van der Waals surface area contributed by atoms with Gasteiger partial charge in [-0.05, 0) is 49.2 Å². The summed E-state index contributed by atoms with van der Waals surface area (Å²) >= 11 is 0. The number of nitrogens with zero attached hydrogens (tertiary/aromatic N) is 1. The Labute approximate surface area is 205 Å². The van der Waals surface area contributed by atoms with E-state index >= 15 is 0 Å². The lowest BCUT2D eigenvalue weighted by Gasteiger charge is -2.30. The normalized spacial score (nSPS) is 16.9. The number of aliphatic carboxylic acids is 1. The monoisotopic (exact) mass is 479 g/mol. The number of fused-ring (bicyclic) bond motifs is 3. The molecule has 2 aromatic carbocycles. The standard InChI is InChI=1S/C27H33N3O5/c1-30(2)16-23(25(32)33)28-24(31)15-27(13-7-8-14-27)29-26(34)35-17-22-20-11-5-3-9-18(20)19-10-4-6-12-21(19)22/h3-6,9-12,22-23H,7-8,13-17H2,1-2H3,(H,28,31)(H,29,34)(H,32,33). The molecule has 2 aliphatic rings. The first-order valence-electron chi connectivity index (χ1n) is 12.1. The maximum absolute atomic E-state index is 12.9. The van der Waals surface area contributed by atoms with E-state index in [2.05, 4.69) is 34.9 Å². The zero-order valence-electron chi connectivity index (χ0n) is 20.3. The summed E-state index contributed by atoms with van der Waals surface area (Å²) in [6.07, 6.45) is 2.54. The molecule has 2 amide bonds. The van der Waals surface area contributed by atoms with Gasteiger partial charge in [-0.3, -0.25) is 4.79 Å². The summed E-state index contributed by atoms with van der Waals surface area (Å²) in [5.41, 5.74) is 3.86. The van der Waals surface area contributed by atoms with Gasteiger partial charge in [-0.2, -0.15) is 0 Å². The Balaban J connectivity index is 1.39. The molecule has 0 bridgehead atoms. The summed E-state index contributed by atoms with van der Waals surface area (Å²) in [6.45, 7) is 0.389. The Morgan fingerprint density at radius 3 is 2.14 bits per heavy atom. The molecule has 0 radical (unpaired) electrons. The van der Waals surface area contributed by atoms with Crippen LogP contribution in [0.5, 0.6) is 0 Å². The SMILES string of the molecule is CN(C)CC(NC(=O)CC1(NC(=O)OCC2c3ccccc3-c3ccccc32)CCCC1)C(=O)O. The van der Waals surface area contributed by atoms with E-state index in [4.69, 9.17) is 4.74 Å². The smallest absolute Gasteiger partial charge is 0.407 e. The van der Waals surface area contributed by atoms with Crippen LogP contribution >= 0.6 is 0 Å². The van der Waals surface area contributed by atoms with Crippen molar-refractivity contribution in [3.05, 3.63) is 59.7 Å². The fraction of sp³-hybridized carbons (Fsp3) is 0.444. The predicted molar refractivity (Wildman–Crippen MR) is 132 cm³/mol. The third-order valence-corrected chi connectivity index (χ3v) is 6.95. The topological polar surface area (TPSA) is 108 Å². The Morgan fingerprint density at radius 2 is 1.60 bits per heavy atom. The van der Waals surface area contributed by atoms with Crippen molar-refractivity contribution in [1.29, 1.82) is 0 Å². The highest BCUT2D eigenvalue weighted by atomic mass is 16.5. The molecular formula is C27H33N3O5. The van der Waals surface area contributed by atoms with Gasteiger partial charge in [-0.25, -0.2) is 9.59 Å². The zero-order chi connectivity index (χ0) is 25.0. The molecule has 8 heteroatoms. The van der Waals surface area contributed by atoms with Gasteiger partial charge in [-0.1, -0.05) is 61.4 Å². The summed E-state index contributed by atoms with van der Waals surface area (Å²) < 4.78 is 5.70. The molecule has 0 aromatic heterocycles. The summed E-state index contributed by atoms with van der Waals surface area (Å²) in [6, 6.07) is 15.3. The number of amides is 2. The molecule has 2 aliphatic carbocycles. The highest BCUT2D eigenvalue weighted by molar-refractivity contribution is 5.85. The summed E-state index contributed by atoms with van der Waals surface area (Å²) in [7, 11) is 3.50. The molecule has 8 nitrogen and oxygen atoms in total. The fourth-order valence-corrected chi connectivity index (χ4v) is 5.35. The molecule has 35 heavy (non-hydrogen) atoms. The number of rotatable bonds is 9. The first-order chi connectivity index (χ1) is 16.8. The third kappa shape index (κ3) is 5.65. The molecule has 1 unspecified atom stereocenters. The Kier molecular flexibility index (Phi) is 7.40. The van der Waals surface area contributed by atoms with E-state index < -0.39 is 23.6 Å². The second-order valence-electron chi connectivity index (χ2n) is 9.84. The van der Waals surface area contributed by atoms with Crippen molar-refractivity contribution >= 4 is 18.0 Å². The van der Waals surface area contributed by atoms with Gasteiger partial charge in [-0.15, -0.1) is 0 Å². The van der Waals surface area contributed by atoms with Crippen LogP contribution in [0.2, 0.25) is 0 Å². The molecular weight excluding hydrogens is 446 g/mol. The number of hydrogen-bond donors (Lipinski definition) is 3. The molecule has 1 fully saturated rings.